The maximum Gasteiger partial charge on any atom is 0.416 e. The first-order valence-corrected chi connectivity index (χ1v) is 8.90. The van der Waals surface area contributed by atoms with Gasteiger partial charge in [-0.15, -0.1) is 0 Å². The summed E-state index contributed by atoms with van der Waals surface area (Å²) in [5.74, 6) is -1.02. The van der Waals surface area contributed by atoms with E-state index in [1.54, 1.807) is 4.90 Å². The van der Waals surface area contributed by atoms with Crippen molar-refractivity contribution in [3.05, 3.63) is 57.5 Å². The molecule has 7 nitrogen and oxygen atoms in total. The number of likely N-dealkylation sites (tertiary alicyclic amines) is 1. The van der Waals surface area contributed by atoms with E-state index in [4.69, 9.17) is 4.74 Å². The van der Waals surface area contributed by atoms with Crippen molar-refractivity contribution in [3.63, 3.8) is 0 Å². The van der Waals surface area contributed by atoms with E-state index in [0.717, 1.165) is 29.3 Å². The molecule has 0 bridgehead atoms. The fraction of sp³-hybridized carbons (Fsp3) is 0.368. The number of rotatable bonds is 5. The molecule has 154 valence electrons. The van der Waals surface area contributed by atoms with Crippen molar-refractivity contribution in [2.45, 2.75) is 25.9 Å². The number of amides is 1. The molecular weight excluding hydrogens is 391 g/mol. The smallest absolute Gasteiger partial charge is 0.416 e. The van der Waals surface area contributed by atoms with Crippen LogP contribution in [0.4, 0.5) is 13.2 Å². The van der Waals surface area contributed by atoms with Crippen molar-refractivity contribution in [3.8, 4) is 5.69 Å². The molecule has 1 aliphatic rings. The average molecular weight is 409 g/mol. The minimum absolute atomic E-state index is 0.0265. The first-order valence-electron chi connectivity index (χ1n) is 8.90. The number of alkyl halides is 3. The predicted octanol–water partition coefficient (Wildman–Crippen LogP) is 2.34. The lowest BCUT2D eigenvalue weighted by atomic mass is 10.2. The van der Waals surface area contributed by atoms with Crippen molar-refractivity contribution < 1.29 is 27.5 Å². The highest BCUT2D eigenvalue weighted by molar-refractivity contribution is 5.87. The number of benzene rings is 1. The minimum atomic E-state index is -4.54. The Morgan fingerprint density at radius 3 is 2.66 bits per heavy atom. The number of halogens is 3. The molecular formula is C19H18F3N3O4. The zero-order valence-electron chi connectivity index (χ0n) is 15.5. The van der Waals surface area contributed by atoms with E-state index in [-0.39, 0.29) is 30.4 Å². The summed E-state index contributed by atoms with van der Waals surface area (Å²) in [6.07, 6.45) is -3.35. The maximum absolute atomic E-state index is 13.0. The highest BCUT2D eigenvalue weighted by Gasteiger charge is 2.30. The third kappa shape index (κ3) is 4.64. The van der Waals surface area contributed by atoms with Crippen LogP contribution in [0, 0.1) is 6.92 Å². The molecule has 0 spiro atoms. The van der Waals surface area contributed by atoms with E-state index in [1.807, 2.05) is 0 Å². The van der Waals surface area contributed by atoms with E-state index in [2.05, 4.69) is 5.10 Å². The lowest BCUT2D eigenvalue weighted by molar-refractivity contribution is -0.137. The van der Waals surface area contributed by atoms with Gasteiger partial charge in [0.15, 0.2) is 0 Å². The Kier molecular flexibility index (Phi) is 5.71. The number of carbonyl (C=O) groups excluding carboxylic acids is 2. The molecule has 29 heavy (non-hydrogen) atoms. The van der Waals surface area contributed by atoms with E-state index < -0.39 is 28.8 Å². The lowest BCUT2D eigenvalue weighted by Gasteiger charge is -2.15. The van der Waals surface area contributed by atoms with Crippen LogP contribution in [-0.4, -0.2) is 46.3 Å². The first-order chi connectivity index (χ1) is 13.7. The van der Waals surface area contributed by atoms with E-state index >= 15 is 0 Å². The second kappa shape index (κ2) is 8.06. The van der Waals surface area contributed by atoms with Crippen LogP contribution in [0.2, 0.25) is 0 Å². The van der Waals surface area contributed by atoms with Gasteiger partial charge in [0.1, 0.15) is 6.61 Å². The van der Waals surface area contributed by atoms with E-state index in [9.17, 15) is 27.6 Å². The van der Waals surface area contributed by atoms with Gasteiger partial charge in [-0.3, -0.25) is 9.59 Å². The molecule has 1 aromatic heterocycles. The molecule has 10 heteroatoms. The summed E-state index contributed by atoms with van der Waals surface area (Å²) >= 11 is 0. The maximum atomic E-state index is 13.0. The highest BCUT2D eigenvalue weighted by Crippen LogP contribution is 2.30. The van der Waals surface area contributed by atoms with Gasteiger partial charge in [-0.05, 0) is 31.5 Å². The van der Waals surface area contributed by atoms with Gasteiger partial charge in [-0.25, -0.2) is 9.48 Å². The average Bonchev–Trinajstić information content (AvgIpc) is 3.06. The van der Waals surface area contributed by atoms with E-state index in [0.29, 0.717) is 13.0 Å². The van der Waals surface area contributed by atoms with Crippen LogP contribution in [-0.2, 0) is 15.7 Å². The molecule has 0 radical (unpaired) electrons. The second-order valence-corrected chi connectivity index (χ2v) is 6.58. The minimum Gasteiger partial charge on any atom is -0.459 e. The van der Waals surface area contributed by atoms with Crippen molar-refractivity contribution in [1.82, 2.24) is 14.7 Å². The summed E-state index contributed by atoms with van der Waals surface area (Å²) in [5.41, 5.74) is -1.81. The summed E-state index contributed by atoms with van der Waals surface area (Å²) in [4.78, 5) is 37.5. The third-order valence-corrected chi connectivity index (χ3v) is 4.48. The van der Waals surface area contributed by atoms with E-state index in [1.165, 1.54) is 19.1 Å². The Bertz CT molecular complexity index is 1000. The van der Waals surface area contributed by atoms with Crippen molar-refractivity contribution in [1.29, 1.82) is 0 Å². The molecule has 2 heterocycles. The van der Waals surface area contributed by atoms with Crippen LogP contribution in [0.15, 0.2) is 35.1 Å². The highest BCUT2D eigenvalue weighted by atomic mass is 19.4. The Morgan fingerprint density at radius 1 is 1.24 bits per heavy atom. The number of hydrogen-bond acceptors (Lipinski definition) is 5. The SMILES string of the molecule is Cc1cc(=O)c(C(=O)OCCN2CCCC2=O)nn1-c1cccc(C(F)(F)F)c1. The third-order valence-electron chi connectivity index (χ3n) is 4.48. The van der Waals surface area contributed by atoms with Crippen LogP contribution in [0.5, 0.6) is 0 Å². The number of nitrogens with zero attached hydrogens (tertiary/aromatic N) is 3. The molecule has 1 amide bonds. The quantitative estimate of drug-likeness (QED) is 0.708. The van der Waals surface area contributed by atoms with Gasteiger partial charge in [0.25, 0.3) is 0 Å². The summed E-state index contributed by atoms with van der Waals surface area (Å²) in [6, 6.07) is 5.48. The number of hydrogen-bond donors (Lipinski definition) is 0. The van der Waals surface area contributed by atoms with Gasteiger partial charge in [0, 0.05) is 24.7 Å². The number of carbonyl (C=O) groups is 2. The Morgan fingerprint density at radius 2 is 2.00 bits per heavy atom. The zero-order chi connectivity index (χ0) is 21.2. The molecule has 1 saturated heterocycles. The van der Waals surface area contributed by atoms with Gasteiger partial charge in [0.05, 0.1) is 17.8 Å². The lowest BCUT2D eigenvalue weighted by Crippen LogP contribution is -2.30. The second-order valence-electron chi connectivity index (χ2n) is 6.58. The topological polar surface area (TPSA) is 81.5 Å². The summed E-state index contributed by atoms with van der Waals surface area (Å²) in [5, 5.41) is 3.91. The largest absolute Gasteiger partial charge is 0.459 e. The van der Waals surface area contributed by atoms with Gasteiger partial charge in [-0.1, -0.05) is 6.07 Å². The Labute approximate surface area is 163 Å². The number of aromatic nitrogens is 2. The zero-order valence-corrected chi connectivity index (χ0v) is 15.5. The molecule has 0 aliphatic carbocycles. The van der Waals surface area contributed by atoms with Gasteiger partial charge in [-0.2, -0.15) is 18.3 Å². The Balaban J connectivity index is 1.81. The molecule has 0 N–H and O–H groups in total. The normalized spacial score (nSPS) is 14.3. The van der Waals surface area contributed by atoms with Gasteiger partial charge in [0.2, 0.25) is 17.0 Å². The van der Waals surface area contributed by atoms with Gasteiger partial charge >= 0.3 is 12.1 Å². The molecule has 0 atom stereocenters. The van der Waals surface area contributed by atoms with Crippen LogP contribution in [0.25, 0.3) is 5.69 Å². The standard InChI is InChI=1S/C19H18F3N3O4/c1-12-10-15(26)17(18(28)29-9-8-24-7-3-6-16(24)27)23-25(12)14-5-2-4-13(11-14)19(20,21)22/h2,4-5,10-11H,3,6-9H2,1H3. The van der Waals surface area contributed by atoms with Gasteiger partial charge < -0.3 is 9.64 Å². The number of aryl methyl sites for hydroxylation is 1. The Hall–Kier alpha value is -3.17. The monoisotopic (exact) mass is 409 g/mol. The number of ether oxygens (including phenoxy) is 1. The molecule has 0 saturated carbocycles. The molecule has 3 rings (SSSR count). The molecule has 1 aliphatic heterocycles. The molecule has 0 unspecified atom stereocenters. The van der Waals surface area contributed by atoms with Crippen molar-refractivity contribution in [2.75, 3.05) is 19.7 Å². The fourth-order valence-electron chi connectivity index (χ4n) is 3.02. The van der Waals surface area contributed by atoms with Crippen LogP contribution < -0.4 is 5.43 Å². The van der Waals surface area contributed by atoms with Crippen LogP contribution >= 0.6 is 0 Å². The summed E-state index contributed by atoms with van der Waals surface area (Å²) in [6.45, 7) is 2.17. The first kappa shape index (κ1) is 20.6. The molecule has 1 aromatic carbocycles. The fourth-order valence-corrected chi connectivity index (χ4v) is 3.02. The van der Waals surface area contributed by atoms with Crippen molar-refractivity contribution in [2.24, 2.45) is 0 Å². The summed E-state index contributed by atoms with van der Waals surface area (Å²) in [7, 11) is 0. The summed E-state index contributed by atoms with van der Waals surface area (Å²) < 4.78 is 45.0. The molecule has 2 aromatic rings. The van der Waals surface area contributed by atoms with Crippen LogP contribution in [0.3, 0.4) is 0 Å². The van der Waals surface area contributed by atoms with Crippen molar-refractivity contribution >= 4 is 11.9 Å². The predicted molar refractivity (Wildman–Crippen MR) is 95.7 cm³/mol. The number of esters is 1. The molecule has 1 fully saturated rings. The van der Waals surface area contributed by atoms with Crippen LogP contribution in [0.1, 0.15) is 34.6 Å².